The average molecular weight is 273 g/mol. The molecule has 0 bridgehead atoms. The van der Waals surface area contributed by atoms with Crippen molar-refractivity contribution < 1.29 is 0 Å². The Kier molecular flexibility index (Phi) is 4.31. The molecule has 0 heterocycles. The lowest BCUT2D eigenvalue weighted by molar-refractivity contribution is 0.891. The van der Waals surface area contributed by atoms with Crippen molar-refractivity contribution in [3.63, 3.8) is 0 Å². The van der Waals surface area contributed by atoms with Crippen LogP contribution < -0.4 is 0 Å². The maximum Gasteiger partial charge on any atom is 0.0630 e. The van der Waals surface area contributed by atoms with E-state index < -0.39 is 0 Å². The van der Waals surface area contributed by atoms with Gasteiger partial charge in [-0.05, 0) is 61.9 Å². The number of halogens is 1. The fourth-order valence-electron chi connectivity index (χ4n) is 2.82. The molecule has 0 fully saturated rings. The molecule has 0 aromatic heterocycles. The molecule has 0 aliphatic heterocycles. The van der Waals surface area contributed by atoms with Gasteiger partial charge in [0.25, 0.3) is 0 Å². The maximum atomic E-state index is 6.68. The molecule has 1 unspecified atom stereocenters. The summed E-state index contributed by atoms with van der Waals surface area (Å²) in [6.45, 7) is 8.59. The van der Waals surface area contributed by atoms with Crippen LogP contribution >= 0.6 is 11.6 Å². The molecule has 1 heteroatoms. The minimum atomic E-state index is 0.0432. The van der Waals surface area contributed by atoms with E-state index in [1.165, 1.54) is 33.4 Å². The predicted molar refractivity (Wildman–Crippen MR) is 84.1 cm³/mol. The van der Waals surface area contributed by atoms with Gasteiger partial charge in [-0.25, -0.2) is 0 Å². The van der Waals surface area contributed by atoms with E-state index in [1.807, 2.05) is 0 Å². The molecule has 2 aromatic carbocycles. The third-order valence-electron chi connectivity index (χ3n) is 3.71. The Morgan fingerprint density at radius 3 is 2.05 bits per heavy atom. The Hall–Kier alpha value is -1.27. The highest BCUT2D eigenvalue weighted by Crippen LogP contribution is 2.31. The molecule has 0 amide bonds. The molecule has 0 aliphatic rings. The molecular weight excluding hydrogens is 252 g/mol. The number of hydrogen-bond donors (Lipinski definition) is 0. The molecule has 0 N–H and O–H groups in total. The lowest BCUT2D eigenvalue weighted by Crippen LogP contribution is -2.03. The Labute approximate surface area is 121 Å². The Morgan fingerprint density at radius 2 is 1.47 bits per heavy atom. The fourth-order valence-corrected chi connectivity index (χ4v) is 3.33. The number of hydrogen-bond acceptors (Lipinski definition) is 0. The summed E-state index contributed by atoms with van der Waals surface area (Å²) in [5.41, 5.74) is 7.84. The molecule has 2 aromatic rings. The number of rotatable bonds is 3. The number of aryl methyl sites for hydroxylation is 4. The topological polar surface area (TPSA) is 0 Å². The summed E-state index contributed by atoms with van der Waals surface area (Å²) in [6.07, 6.45) is 0.888. The van der Waals surface area contributed by atoms with Gasteiger partial charge in [-0.1, -0.05) is 42.0 Å². The zero-order valence-electron chi connectivity index (χ0n) is 12.1. The summed E-state index contributed by atoms with van der Waals surface area (Å²) < 4.78 is 0. The molecular formula is C18H21Cl. The second-order valence-electron chi connectivity index (χ2n) is 5.41. The van der Waals surface area contributed by atoms with E-state index >= 15 is 0 Å². The first-order valence-electron chi connectivity index (χ1n) is 6.75. The van der Waals surface area contributed by atoms with E-state index in [2.05, 4.69) is 64.1 Å². The Morgan fingerprint density at radius 1 is 0.895 bits per heavy atom. The highest BCUT2D eigenvalue weighted by atomic mass is 35.5. The molecule has 2 rings (SSSR count). The first-order chi connectivity index (χ1) is 8.99. The first kappa shape index (κ1) is 14.1. The van der Waals surface area contributed by atoms with Crippen LogP contribution in [0, 0.1) is 27.7 Å². The normalized spacial score (nSPS) is 12.5. The fraction of sp³-hybridized carbons (Fsp3) is 0.333. The van der Waals surface area contributed by atoms with Crippen LogP contribution in [0.25, 0.3) is 0 Å². The minimum Gasteiger partial charge on any atom is -0.117 e. The van der Waals surface area contributed by atoms with Crippen LogP contribution in [-0.2, 0) is 6.42 Å². The summed E-state index contributed by atoms with van der Waals surface area (Å²) >= 11 is 6.68. The Bertz CT molecular complexity index is 561. The largest absolute Gasteiger partial charge is 0.117 e. The van der Waals surface area contributed by atoms with Gasteiger partial charge in [0, 0.05) is 0 Å². The highest BCUT2D eigenvalue weighted by molar-refractivity contribution is 6.21. The SMILES string of the molecule is Cc1cc(C)c(C(Cl)Cc2ccccc2C)c(C)c1. The summed E-state index contributed by atoms with van der Waals surface area (Å²) in [5, 5.41) is 0.0432. The third-order valence-corrected chi connectivity index (χ3v) is 4.08. The molecule has 0 nitrogen and oxygen atoms in total. The van der Waals surface area contributed by atoms with Gasteiger partial charge in [0.05, 0.1) is 5.38 Å². The standard InChI is InChI=1S/C18H21Cl/c1-12-9-14(3)18(15(4)10-12)17(19)11-16-8-6-5-7-13(16)2/h5-10,17H,11H2,1-4H3. The zero-order chi connectivity index (χ0) is 14.0. The van der Waals surface area contributed by atoms with E-state index in [9.17, 15) is 0 Å². The first-order valence-corrected chi connectivity index (χ1v) is 7.19. The molecule has 100 valence electrons. The highest BCUT2D eigenvalue weighted by Gasteiger charge is 2.15. The van der Waals surface area contributed by atoms with Crippen molar-refractivity contribution >= 4 is 11.6 Å². The van der Waals surface area contributed by atoms with Gasteiger partial charge in [-0.2, -0.15) is 0 Å². The van der Waals surface area contributed by atoms with Crippen molar-refractivity contribution in [1.82, 2.24) is 0 Å². The summed E-state index contributed by atoms with van der Waals surface area (Å²) in [7, 11) is 0. The van der Waals surface area contributed by atoms with Crippen LogP contribution in [-0.4, -0.2) is 0 Å². The average Bonchev–Trinajstić information content (AvgIpc) is 2.30. The van der Waals surface area contributed by atoms with Crippen molar-refractivity contribution in [2.24, 2.45) is 0 Å². The monoisotopic (exact) mass is 272 g/mol. The second-order valence-corrected chi connectivity index (χ2v) is 5.94. The lowest BCUT2D eigenvalue weighted by atomic mass is 9.93. The molecule has 0 aliphatic carbocycles. The molecule has 0 saturated carbocycles. The number of benzene rings is 2. The van der Waals surface area contributed by atoms with Crippen molar-refractivity contribution in [3.8, 4) is 0 Å². The van der Waals surface area contributed by atoms with Crippen LogP contribution in [0.15, 0.2) is 36.4 Å². The summed E-state index contributed by atoms with van der Waals surface area (Å²) in [5.74, 6) is 0. The smallest absolute Gasteiger partial charge is 0.0630 e. The van der Waals surface area contributed by atoms with Gasteiger partial charge < -0.3 is 0 Å². The minimum absolute atomic E-state index is 0.0432. The third kappa shape index (κ3) is 3.19. The van der Waals surface area contributed by atoms with E-state index in [1.54, 1.807) is 0 Å². The van der Waals surface area contributed by atoms with Crippen LogP contribution in [0.4, 0.5) is 0 Å². The molecule has 0 saturated heterocycles. The summed E-state index contributed by atoms with van der Waals surface area (Å²) in [4.78, 5) is 0. The molecule has 0 radical (unpaired) electrons. The van der Waals surface area contributed by atoms with E-state index in [0.717, 1.165) is 6.42 Å². The zero-order valence-corrected chi connectivity index (χ0v) is 12.9. The molecule has 1 atom stereocenters. The quantitative estimate of drug-likeness (QED) is 0.653. The van der Waals surface area contributed by atoms with Gasteiger partial charge in [0.15, 0.2) is 0 Å². The predicted octanol–water partition coefficient (Wildman–Crippen LogP) is 5.44. The van der Waals surface area contributed by atoms with E-state index in [0.29, 0.717) is 0 Å². The van der Waals surface area contributed by atoms with Crippen molar-refractivity contribution in [2.75, 3.05) is 0 Å². The van der Waals surface area contributed by atoms with Gasteiger partial charge >= 0.3 is 0 Å². The van der Waals surface area contributed by atoms with E-state index in [4.69, 9.17) is 11.6 Å². The number of alkyl halides is 1. The van der Waals surface area contributed by atoms with Crippen molar-refractivity contribution in [1.29, 1.82) is 0 Å². The summed E-state index contributed by atoms with van der Waals surface area (Å²) in [6, 6.07) is 12.9. The second kappa shape index (κ2) is 5.79. The lowest BCUT2D eigenvalue weighted by Gasteiger charge is -2.18. The van der Waals surface area contributed by atoms with Crippen LogP contribution in [0.5, 0.6) is 0 Å². The molecule has 19 heavy (non-hydrogen) atoms. The van der Waals surface area contributed by atoms with Crippen LogP contribution in [0.3, 0.4) is 0 Å². The maximum absolute atomic E-state index is 6.68. The van der Waals surface area contributed by atoms with Crippen molar-refractivity contribution in [3.05, 3.63) is 69.8 Å². The van der Waals surface area contributed by atoms with Gasteiger partial charge in [-0.15, -0.1) is 11.6 Å². The van der Waals surface area contributed by atoms with Crippen LogP contribution in [0.2, 0.25) is 0 Å². The van der Waals surface area contributed by atoms with Gasteiger partial charge in [0.2, 0.25) is 0 Å². The molecule has 0 spiro atoms. The Balaban J connectivity index is 2.31. The van der Waals surface area contributed by atoms with Gasteiger partial charge in [0.1, 0.15) is 0 Å². The van der Waals surface area contributed by atoms with Crippen LogP contribution in [0.1, 0.15) is 38.8 Å². The van der Waals surface area contributed by atoms with Crippen molar-refractivity contribution in [2.45, 2.75) is 39.5 Å². The van der Waals surface area contributed by atoms with E-state index in [-0.39, 0.29) is 5.38 Å². The van der Waals surface area contributed by atoms with Gasteiger partial charge in [-0.3, -0.25) is 0 Å².